The highest BCUT2D eigenvalue weighted by Crippen LogP contribution is 2.46. The first-order valence-corrected chi connectivity index (χ1v) is 19.3. The number of fused-ring (bicyclic) bond motifs is 9. The molecule has 266 valence electrons. The minimum absolute atomic E-state index is 0.202. The number of allylic oxidation sites excluding steroid dienone is 1. The molecule has 11 aromatic rings. The SMILES string of the molecule is N=C(N=C(/C=C/c1c2ccccc2c(-c2c3ccccc3cc3c2ccc2ccccc23)c2ccccc12)c1ccc2oc3ccccc3c2c1)c1ccccc1. The van der Waals surface area contributed by atoms with Gasteiger partial charge in [-0.25, -0.2) is 4.99 Å². The summed E-state index contributed by atoms with van der Waals surface area (Å²) in [6.45, 7) is 0. The van der Waals surface area contributed by atoms with Gasteiger partial charge in [-0.3, -0.25) is 5.41 Å². The molecule has 11 rings (SSSR count). The molecule has 1 aromatic heterocycles. The first-order chi connectivity index (χ1) is 28.2. The predicted octanol–water partition coefficient (Wildman–Crippen LogP) is 14.5. The van der Waals surface area contributed by atoms with Crippen molar-refractivity contribution in [2.45, 2.75) is 0 Å². The van der Waals surface area contributed by atoms with Crippen LogP contribution in [0.5, 0.6) is 0 Å². The van der Waals surface area contributed by atoms with Crippen molar-refractivity contribution in [3.8, 4) is 11.1 Å². The lowest BCUT2D eigenvalue weighted by atomic mass is 9.83. The third-order valence-electron chi connectivity index (χ3n) is 11.4. The molecule has 0 aliphatic heterocycles. The number of nitrogens with one attached hydrogen (secondary N) is 1. The second kappa shape index (κ2) is 13.3. The summed E-state index contributed by atoms with van der Waals surface area (Å²) >= 11 is 0. The molecule has 0 bridgehead atoms. The Balaban J connectivity index is 1.17. The molecule has 1 N–H and O–H groups in total. The Hall–Kier alpha value is -7.62. The lowest BCUT2D eigenvalue weighted by Gasteiger charge is -2.20. The van der Waals surface area contributed by atoms with Crippen LogP contribution in [-0.4, -0.2) is 11.5 Å². The molecule has 0 atom stereocenters. The Kier molecular flexibility index (Phi) is 7.65. The molecule has 0 aliphatic rings. The molecule has 0 fully saturated rings. The van der Waals surface area contributed by atoms with Crippen molar-refractivity contribution >= 4 is 93.4 Å². The third kappa shape index (κ3) is 5.43. The van der Waals surface area contributed by atoms with Crippen LogP contribution in [0.4, 0.5) is 0 Å². The van der Waals surface area contributed by atoms with Crippen LogP contribution in [0, 0.1) is 5.41 Å². The van der Waals surface area contributed by atoms with E-state index in [1.165, 1.54) is 54.2 Å². The molecular formula is C54H34N2O. The number of nitrogens with zero attached hydrogens (tertiary/aromatic N) is 1. The number of benzene rings is 10. The molecule has 57 heavy (non-hydrogen) atoms. The number of aliphatic imine (C=N–C) groups is 1. The second-order valence-electron chi connectivity index (χ2n) is 14.6. The van der Waals surface area contributed by atoms with Gasteiger partial charge < -0.3 is 4.42 Å². The first-order valence-electron chi connectivity index (χ1n) is 19.3. The van der Waals surface area contributed by atoms with Gasteiger partial charge in [0.15, 0.2) is 5.84 Å². The largest absolute Gasteiger partial charge is 0.456 e. The van der Waals surface area contributed by atoms with Crippen LogP contribution in [0.25, 0.3) is 93.0 Å². The van der Waals surface area contributed by atoms with Crippen LogP contribution in [-0.2, 0) is 0 Å². The zero-order valence-corrected chi connectivity index (χ0v) is 30.9. The lowest BCUT2D eigenvalue weighted by molar-refractivity contribution is 0.669. The first kappa shape index (κ1) is 32.8. The van der Waals surface area contributed by atoms with Gasteiger partial charge in [0.1, 0.15) is 11.2 Å². The Morgan fingerprint density at radius 3 is 1.72 bits per heavy atom. The second-order valence-corrected chi connectivity index (χ2v) is 14.6. The van der Waals surface area contributed by atoms with Crippen LogP contribution in [0.2, 0.25) is 0 Å². The van der Waals surface area contributed by atoms with Gasteiger partial charge >= 0.3 is 0 Å². The van der Waals surface area contributed by atoms with Crippen molar-refractivity contribution in [2.75, 3.05) is 0 Å². The van der Waals surface area contributed by atoms with Crippen molar-refractivity contribution in [1.82, 2.24) is 0 Å². The lowest BCUT2D eigenvalue weighted by Crippen LogP contribution is -2.03. The average molecular weight is 727 g/mol. The summed E-state index contributed by atoms with van der Waals surface area (Å²) in [4.78, 5) is 5.00. The number of amidine groups is 1. The highest BCUT2D eigenvalue weighted by Gasteiger charge is 2.20. The van der Waals surface area contributed by atoms with Crippen LogP contribution >= 0.6 is 0 Å². The molecule has 3 heteroatoms. The predicted molar refractivity (Wildman–Crippen MR) is 242 cm³/mol. The van der Waals surface area contributed by atoms with Crippen LogP contribution in [0.15, 0.2) is 204 Å². The minimum atomic E-state index is 0.202. The van der Waals surface area contributed by atoms with Gasteiger partial charge in [0.05, 0.1) is 5.71 Å². The van der Waals surface area contributed by atoms with E-state index in [0.717, 1.165) is 49.4 Å². The van der Waals surface area contributed by atoms with E-state index in [4.69, 9.17) is 14.8 Å². The third-order valence-corrected chi connectivity index (χ3v) is 11.4. The fraction of sp³-hybridized carbons (Fsp3) is 0. The number of hydrogen-bond donors (Lipinski definition) is 1. The van der Waals surface area contributed by atoms with Gasteiger partial charge in [0, 0.05) is 21.9 Å². The number of hydrogen-bond acceptors (Lipinski definition) is 2. The van der Waals surface area contributed by atoms with Crippen molar-refractivity contribution in [1.29, 1.82) is 5.41 Å². The summed E-state index contributed by atoms with van der Waals surface area (Å²) < 4.78 is 6.19. The molecule has 0 saturated carbocycles. The van der Waals surface area contributed by atoms with Crippen molar-refractivity contribution in [3.05, 3.63) is 211 Å². The van der Waals surface area contributed by atoms with Gasteiger partial charge in [-0.15, -0.1) is 0 Å². The summed E-state index contributed by atoms with van der Waals surface area (Å²) in [5.41, 5.74) is 7.61. The fourth-order valence-electron chi connectivity index (χ4n) is 8.73. The van der Waals surface area contributed by atoms with Crippen LogP contribution in [0.1, 0.15) is 16.7 Å². The summed E-state index contributed by atoms with van der Waals surface area (Å²) in [6, 6.07) is 66.0. The summed E-state index contributed by atoms with van der Waals surface area (Å²) in [5, 5.41) is 23.3. The Morgan fingerprint density at radius 2 is 0.965 bits per heavy atom. The summed E-state index contributed by atoms with van der Waals surface area (Å²) in [7, 11) is 0. The van der Waals surface area contributed by atoms with Gasteiger partial charge in [0.25, 0.3) is 0 Å². The molecule has 0 saturated heterocycles. The van der Waals surface area contributed by atoms with E-state index in [0.29, 0.717) is 5.71 Å². The topological polar surface area (TPSA) is 49.4 Å². The quantitative estimate of drug-likeness (QED) is 0.0816. The smallest absolute Gasteiger partial charge is 0.152 e. The van der Waals surface area contributed by atoms with Gasteiger partial charge in [-0.05, 0) is 107 Å². The van der Waals surface area contributed by atoms with Crippen molar-refractivity contribution < 1.29 is 4.42 Å². The highest BCUT2D eigenvalue weighted by atomic mass is 16.3. The van der Waals surface area contributed by atoms with E-state index in [1.54, 1.807) is 0 Å². The molecule has 0 spiro atoms. The Morgan fingerprint density at radius 1 is 0.404 bits per heavy atom. The van der Waals surface area contributed by atoms with E-state index in [-0.39, 0.29) is 5.84 Å². The minimum Gasteiger partial charge on any atom is -0.456 e. The maximum Gasteiger partial charge on any atom is 0.152 e. The van der Waals surface area contributed by atoms with Crippen LogP contribution in [0.3, 0.4) is 0 Å². The molecule has 1 heterocycles. The molecule has 10 aromatic carbocycles. The van der Waals surface area contributed by atoms with E-state index in [1.807, 2.05) is 60.7 Å². The average Bonchev–Trinajstić information content (AvgIpc) is 3.65. The zero-order chi connectivity index (χ0) is 37.9. The van der Waals surface area contributed by atoms with Gasteiger partial charge in [-0.2, -0.15) is 0 Å². The number of rotatable bonds is 5. The maximum atomic E-state index is 9.08. The van der Waals surface area contributed by atoms with E-state index in [9.17, 15) is 0 Å². The number of para-hydroxylation sites is 1. The van der Waals surface area contributed by atoms with Crippen molar-refractivity contribution in [3.63, 3.8) is 0 Å². The van der Waals surface area contributed by atoms with Crippen LogP contribution < -0.4 is 0 Å². The molecule has 0 amide bonds. The molecule has 0 unspecified atom stereocenters. The number of furan rings is 1. The normalized spacial score (nSPS) is 12.3. The summed E-state index contributed by atoms with van der Waals surface area (Å²) in [6.07, 6.45) is 4.27. The molecule has 0 aliphatic carbocycles. The molecular weight excluding hydrogens is 693 g/mol. The Bertz CT molecular complexity index is 3420. The van der Waals surface area contributed by atoms with Gasteiger partial charge in [0.2, 0.25) is 0 Å². The zero-order valence-electron chi connectivity index (χ0n) is 30.9. The van der Waals surface area contributed by atoms with Crippen molar-refractivity contribution in [2.24, 2.45) is 4.99 Å². The van der Waals surface area contributed by atoms with E-state index < -0.39 is 0 Å². The highest BCUT2D eigenvalue weighted by molar-refractivity contribution is 6.28. The maximum absolute atomic E-state index is 9.08. The molecule has 3 nitrogen and oxygen atoms in total. The summed E-state index contributed by atoms with van der Waals surface area (Å²) in [5.74, 6) is 0.202. The standard InChI is InChI=1S/C54H34N2O/c55-54(35-15-2-1-3-16-35)56-49(37-27-31-51-48(33-37)43-22-12-13-25-50(43)57-51)30-29-42-40-20-8-10-23-44(40)53(45-24-11-9-21-41(42)45)52-39-19-7-5-17-36(39)32-47-38-18-6-4-14-34(38)26-28-46(47)52/h1-33,55H/b30-29+,55-54?,56-49?. The monoisotopic (exact) mass is 726 g/mol. The van der Waals surface area contributed by atoms with E-state index in [2.05, 4.69) is 140 Å². The van der Waals surface area contributed by atoms with E-state index >= 15 is 0 Å². The Labute approximate surface area is 329 Å². The van der Waals surface area contributed by atoms with Gasteiger partial charge in [-0.1, -0.05) is 164 Å². The molecule has 0 radical (unpaired) electrons. The fourth-order valence-corrected chi connectivity index (χ4v) is 8.73.